The number of aromatic nitrogens is 2. The van der Waals surface area contributed by atoms with E-state index in [9.17, 15) is 4.79 Å². The number of carbonyl (C=O) groups excluding carboxylic acids is 1. The van der Waals surface area contributed by atoms with Gasteiger partial charge in [-0.15, -0.1) is 0 Å². The van der Waals surface area contributed by atoms with Gasteiger partial charge < -0.3 is 4.74 Å². The molecule has 1 fully saturated rings. The third-order valence-corrected chi connectivity index (χ3v) is 8.12. The zero-order valence-electron chi connectivity index (χ0n) is 22.2. The van der Waals surface area contributed by atoms with Crippen LogP contribution in [0.25, 0.3) is 23.0 Å². The first kappa shape index (κ1) is 26.7. The number of ether oxygens (including phenoxy) is 1. The molecule has 0 unspecified atom stereocenters. The van der Waals surface area contributed by atoms with Gasteiger partial charge in [0.1, 0.15) is 22.4 Å². The van der Waals surface area contributed by atoms with Crippen molar-refractivity contribution in [3.8, 4) is 22.7 Å². The number of nitrogens with zero attached hydrogens (tertiary/aromatic N) is 3. The smallest absolute Gasteiger partial charge is 0.266 e. The molecular weight excluding hydrogens is 547 g/mol. The summed E-state index contributed by atoms with van der Waals surface area (Å²) in [7, 11) is 0. The van der Waals surface area contributed by atoms with Crippen LogP contribution in [0, 0.1) is 0 Å². The minimum absolute atomic E-state index is 0.0747. The van der Waals surface area contributed by atoms with E-state index < -0.39 is 0 Å². The molecule has 1 aliphatic rings. The van der Waals surface area contributed by atoms with E-state index in [1.54, 1.807) is 4.90 Å². The summed E-state index contributed by atoms with van der Waals surface area (Å²) in [6, 6.07) is 38.1. The lowest BCUT2D eigenvalue weighted by Gasteiger charge is -2.14. The van der Waals surface area contributed by atoms with Gasteiger partial charge in [-0.2, -0.15) is 5.10 Å². The van der Waals surface area contributed by atoms with Crippen LogP contribution in [-0.4, -0.2) is 31.5 Å². The number of thioether (sulfide) groups is 1. The Morgan fingerprint density at radius 3 is 2.24 bits per heavy atom. The molecule has 1 saturated heterocycles. The lowest BCUT2D eigenvalue weighted by atomic mass is 10.1. The van der Waals surface area contributed by atoms with Crippen LogP contribution in [0.2, 0.25) is 0 Å². The van der Waals surface area contributed by atoms with E-state index >= 15 is 0 Å². The molecule has 4 aromatic carbocycles. The normalized spacial score (nSPS) is 14.1. The van der Waals surface area contributed by atoms with Gasteiger partial charge in [-0.25, -0.2) is 4.68 Å². The second-order valence-corrected chi connectivity index (χ2v) is 11.3. The monoisotopic (exact) mass is 573 g/mol. The van der Waals surface area contributed by atoms with Gasteiger partial charge in [0.2, 0.25) is 0 Å². The van der Waals surface area contributed by atoms with Crippen LogP contribution in [0.1, 0.15) is 16.7 Å². The van der Waals surface area contributed by atoms with E-state index in [1.807, 2.05) is 120 Å². The Labute approximate surface area is 249 Å². The topological polar surface area (TPSA) is 47.4 Å². The van der Waals surface area contributed by atoms with Gasteiger partial charge in [0.25, 0.3) is 5.91 Å². The fourth-order valence-electron chi connectivity index (χ4n) is 4.62. The minimum Gasteiger partial charge on any atom is -0.489 e. The first-order valence-corrected chi connectivity index (χ1v) is 14.6. The first-order chi connectivity index (χ1) is 20.1. The van der Waals surface area contributed by atoms with Gasteiger partial charge in [-0.1, -0.05) is 115 Å². The molecule has 0 spiro atoms. The predicted octanol–water partition coefficient (Wildman–Crippen LogP) is 7.56. The second kappa shape index (κ2) is 12.4. The second-order valence-electron chi connectivity index (χ2n) is 9.58. The molecule has 0 N–H and O–H groups in total. The van der Waals surface area contributed by atoms with Crippen LogP contribution in [0.3, 0.4) is 0 Å². The lowest BCUT2D eigenvalue weighted by Crippen LogP contribution is -2.30. The molecule has 5 nitrogen and oxygen atoms in total. The van der Waals surface area contributed by atoms with Crippen molar-refractivity contribution in [2.75, 3.05) is 6.54 Å². The van der Waals surface area contributed by atoms with Gasteiger partial charge in [0.15, 0.2) is 0 Å². The fraction of sp³-hybridized carbons (Fsp3) is 0.0882. The van der Waals surface area contributed by atoms with E-state index in [2.05, 4.69) is 12.1 Å². The Kier molecular flexibility index (Phi) is 8.07. The molecule has 2 heterocycles. The first-order valence-electron chi connectivity index (χ1n) is 13.4. The van der Waals surface area contributed by atoms with Crippen LogP contribution < -0.4 is 4.74 Å². The number of amides is 1. The van der Waals surface area contributed by atoms with Crippen molar-refractivity contribution in [2.45, 2.75) is 13.0 Å². The predicted molar refractivity (Wildman–Crippen MR) is 170 cm³/mol. The van der Waals surface area contributed by atoms with Crippen molar-refractivity contribution in [3.63, 3.8) is 0 Å². The molecule has 1 aliphatic heterocycles. The Balaban J connectivity index is 1.30. The van der Waals surface area contributed by atoms with Crippen molar-refractivity contribution >= 4 is 40.3 Å². The summed E-state index contributed by atoms with van der Waals surface area (Å²) in [5.74, 6) is 0.674. The molecule has 5 aromatic rings. The average Bonchev–Trinajstić information content (AvgIpc) is 3.56. The quantitative estimate of drug-likeness (QED) is 0.135. The SMILES string of the molecule is O=C1/C(=C/c2cn(-c3ccccc3)nc2-c2cccc(OCc3ccccc3)c2)SC(=S)N1CCc1ccccc1. The highest BCUT2D eigenvalue weighted by Gasteiger charge is 2.32. The zero-order valence-corrected chi connectivity index (χ0v) is 23.9. The Bertz CT molecular complexity index is 1700. The molecule has 41 heavy (non-hydrogen) atoms. The van der Waals surface area contributed by atoms with Gasteiger partial charge in [0.05, 0.1) is 10.6 Å². The summed E-state index contributed by atoms with van der Waals surface area (Å²) in [6.45, 7) is 1.02. The zero-order chi connectivity index (χ0) is 28.0. The maximum atomic E-state index is 13.4. The number of benzene rings is 4. The molecule has 1 aromatic heterocycles. The summed E-state index contributed by atoms with van der Waals surface area (Å²) in [4.78, 5) is 15.7. The van der Waals surface area contributed by atoms with Crippen molar-refractivity contribution < 1.29 is 9.53 Å². The van der Waals surface area contributed by atoms with E-state index in [0.29, 0.717) is 22.4 Å². The van der Waals surface area contributed by atoms with Crippen LogP contribution in [-0.2, 0) is 17.8 Å². The molecule has 7 heteroatoms. The number of hydrogen-bond donors (Lipinski definition) is 0. The molecular formula is C34H27N3O2S2. The van der Waals surface area contributed by atoms with Crippen LogP contribution in [0.5, 0.6) is 5.75 Å². The maximum Gasteiger partial charge on any atom is 0.266 e. The molecule has 0 bridgehead atoms. The molecule has 0 radical (unpaired) electrons. The molecule has 0 aliphatic carbocycles. The largest absolute Gasteiger partial charge is 0.489 e. The molecule has 0 atom stereocenters. The van der Waals surface area contributed by atoms with Crippen molar-refractivity contribution in [3.05, 3.63) is 143 Å². The third kappa shape index (κ3) is 6.32. The highest BCUT2D eigenvalue weighted by atomic mass is 32.2. The standard InChI is InChI=1S/C34H27N3O2S2/c38-33-31(41-34(40)36(33)20-19-25-11-4-1-5-12-25)22-28-23-37(29-16-8-3-9-17-29)35-32(28)27-15-10-18-30(21-27)39-24-26-13-6-2-7-14-26/h1-18,21-23H,19-20,24H2/b31-22-. The molecule has 0 saturated carbocycles. The Hall–Kier alpha value is -4.46. The highest BCUT2D eigenvalue weighted by molar-refractivity contribution is 8.26. The Morgan fingerprint density at radius 1 is 0.829 bits per heavy atom. The van der Waals surface area contributed by atoms with Crippen molar-refractivity contribution in [1.82, 2.24) is 14.7 Å². The summed E-state index contributed by atoms with van der Waals surface area (Å²) >= 11 is 6.95. The van der Waals surface area contributed by atoms with Crippen molar-refractivity contribution in [1.29, 1.82) is 0 Å². The number of rotatable bonds is 9. The lowest BCUT2D eigenvalue weighted by molar-refractivity contribution is -0.122. The summed E-state index contributed by atoms with van der Waals surface area (Å²) in [5, 5.41) is 4.94. The van der Waals surface area contributed by atoms with Gasteiger partial charge in [-0.3, -0.25) is 9.69 Å². The number of carbonyl (C=O) groups is 1. The van der Waals surface area contributed by atoms with Gasteiger partial charge >= 0.3 is 0 Å². The van der Waals surface area contributed by atoms with Crippen LogP contribution >= 0.6 is 24.0 Å². The summed E-state index contributed by atoms with van der Waals surface area (Å²) in [5.41, 5.74) is 5.69. The molecule has 6 rings (SSSR count). The third-order valence-electron chi connectivity index (χ3n) is 6.75. The molecule has 1 amide bonds. The van der Waals surface area contributed by atoms with E-state index in [0.717, 1.165) is 40.2 Å². The molecule has 202 valence electrons. The average molecular weight is 574 g/mol. The number of thiocarbonyl (C=S) groups is 1. The highest BCUT2D eigenvalue weighted by Crippen LogP contribution is 2.35. The maximum absolute atomic E-state index is 13.4. The number of hydrogen-bond acceptors (Lipinski definition) is 5. The van der Waals surface area contributed by atoms with Gasteiger partial charge in [0, 0.05) is 23.9 Å². The van der Waals surface area contributed by atoms with Crippen LogP contribution in [0.15, 0.2) is 126 Å². The minimum atomic E-state index is -0.0747. The van der Waals surface area contributed by atoms with Crippen molar-refractivity contribution in [2.24, 2.45) is 0 Å². The van der Waals surface area contributed by atoms with Crippen LogP contribution in [0.4, 0.5) is 0 Å². The van der Waals surface area contributed by atoms with E-state index in [1.165, 1.54) is 17.3 Å². The van der Waals surface area contributed by atoms with E-state index in [4.69, 9.17) is 22.1 Å². The summed E-state index contributed by atoms with van der Waals surface area (Å²) < 4.78 is 8.51. The van der Waals surface area contributed by atoms with E-state index in [-0.39, 0.29) is 5.91 Å². The Morgan fingerprint density at radius 2 is 1.51 bits per heavy atom. The summed E-state index contributed by atoms with van der Waals surface area (Å²) in [6.07, 6.45) is 4.60. The van der Waals surface area contributed by atoms with Gasteiger partial charge in [-0.05, 0) is 47.9 Å². The fourth-order valence-corrected chi connectivity index (χ4v) is 5.92. The number of para-hydroxylation sites is 1.